The zero-order chi connectivity index (χ0) is 16.1. The highest BCUT2D eigenvalue weighted by molar-refractivity contribution is 7.13. The van der Waals surface area contributed by atoms with Crippen LogP contribution in [0.2, 0.25) is 0 Å². The van der Waals surface area contributed by atoms with Crippen LogP contribution in [0.1, 0.15) is 16.1 Å². The molecular weight excluding hydrogens is 310 g/mol. The van der Waals surface area contributed by atoms with E-state index in [0.29, 0.717) is 12.1 Å². The van der Waals surface area contributed by atoms with E-state index in [1.54, 1.807) is 55.1 Å². The molecular formula is C17H15N3O2S. The Hall–Kier alpha value is -2.73. The number of pyridine rings is 1. The van der Waals surface area contributed by atoms with Gasteiger partial charge in [0.15, 0.2) is 0 Å². The van der Waals surface area contributed by atoms with Crippen LogP contribution in [0.5, 0.6) is 5.75 Å². The lowest BCUT2D eigenvalue weighted by atomic mass is 10.2. The summed E-state index contributed by atoms with van der Waals surface area (Å²) in [7, 11) is 1.59. The van der Waals surface area contributed by atoms with E-state index in [2.05, 4.69) is 15.3 Å². The van der Waals surface area contributed by atoms with Crippen molar-refractivity contribution >= 4 is 17.2 Å². The average molecular weight is 325 g/mol. The minimum absolute atomic E-state index is 0.133. The van der Waals surface area contributed by atoms with Crippen molar-refractivity contribution in [2.24, 2.45) is 0 Å². The highest BCUT2D eigenvalue weighted by Gasteiger charge is 2.08. The molecule has 1 aromatic carbocycles. The Balaban J connectivity index is 1.62. The fourth-order valence-electron chi connectivity index (χ4n) is 2.03. The average Bonchev–Trinajstić information content (AvgIpc) is 3.09. The summed E-state index contributed by atoms with van der Waals surface area (Å²) in [5.41, 5.74) is 2.46. The van der Waals surface area contributed by atoms with Crippen LogP contribution in [0.25, 0.3) is 10.6 Å². The minimum Gasteiger partial charge on any atom is -0.497 e. The summed E-state index contributed by atoms with van der Waals surface area (Å²) in [6, 6.07) is 10.8. The second-order valence-corrected chi connectivity index (χ2v) is 5.65. The van der Waals surface area contributed by atoms with Gasteiger partial charge in [-0.25, -0.2) is 4.98 Å². The van der Waals surface area contributed by atoms with E-state index < -0.39 is 0 Å². The van der Waals surface area contributed by atoms with Crippen molar-refractivity contribution in [1.82, 2.24) is 15.3 Å². The summed E-state index contributed by atoms with van der Waals surface area (Å²) in [6.07, 6.45) is 3.48. The maximum Gasteiger partial charge on any atom is 0.251 e. The molecule has 2 aromatic heterocycles. The molecule has 0 fully saturated rings. The molecule has 116 valence electrons. The van der Waals surface area contributed by atoms with E-state index >= 15 is 0 Å². The first-order valence-corrected chi connectivity index (χ1v) is 7.91. The summed E-state index contributed by atoms with van der Waals surface area (Å²) < 4.78 is 5.08. The predicted octanol–water partition coefficient (Wildman–Crippen LogP) is 3.14. The van der Waals surface area contributed by atoms with Crippen LogP contribution in [0, 0.1) is 0 Å². The van der Waals surface area contributed by atoms with Gasteiger partial charge in [0.1, 0.15) is 10.8 Å². The zero-order valence-corrected chi connectivity index (χ0v) is 13.3. The lowest BCUT2D eigenvalue weighted by Crippen LogP contribution is -2.22. The lowest BCUT2D eigenvalue weighted by Gasteiger charge is -2.04. The number of aromatic nitrogens is 2. The van der Waals surface area contributed by atoms with Crippen LogP contribution in [-0.2, 0) is 6.54 Å². The van der Waals surface area contributed by atoms with Crippen molar-refractivity contribution in [3.63, 3.8) is 0 Å². The molecule has 0 atom stereocenters. The molecule has 6 heteroatoms. The van der Waals surface area contributed by atoms with E-state index in [9.17, 15) is 4.79 Å². The van der Waals surface area contributed by atoms with E-state index in [4.69, 9.17) is 4.74 Å². The molecule has 0 radical (unpaired) electrons. The van der Waals surface area contributed by atoms with Crippen LogP contribution in [0.3, 0.4) is 0 Å². The molecule has 0 spiro atoms. The van der Waals surface area contributed by atoms with E-state index in [1.165, 1.54) is 0 Å². The van der Waals surface area contributed by atoms with Gasteiger partial charge in [0.05, 0.1) is 19.3 Å². The SMILES string of the molecule is COc1ccc(C(=O)NCc2csc(-c3ccncc3)n2)cc1. The first-order valence-electron chi connectivity index (χ1n) is 7.03. The molecule has 0 saturated carbocycles. The standard InChI is InChI=1S/C17H15N3O2S/c1-22-15-4-2-12(3-5-15)16(21)19-10-14-11-23-17(20-14)13-6-8-18-9-7-13/h2-9,11H,10H2,1H3,(H,19,21). The molecule has 3 aromatic rings. The third kappa shape index (κ3) is 3.73. The summed E-state index contributed by atoms with van der Waals surface area (Å²) in [5, 5.41) is 5.74. The summed E-state index contributed by atoms with van der Waals surface area (Å²) in [5.74, 6) is 0.592. The normalized spacial score (nSPS) is 10.3. The Morgan fingerprint density at radius 1 is 1.17 bits per heavy atom. The van der Waals surface area contributed by atoms with Crippen molar-refractivity contribution in [3.05, 3.63) is 65.4 Å². The molecule has 0 bridgehead atoms. The van der Waals surface area contributed by atoms with Crippen molar-refractivity contribution in [2.75, 3.05) is 7.11 Å². The molecule has 3 rings (SSSR count). The molecule has 1 N–H and O–H groups in total. The molecule has 5 nitrogen and oxygen atoms in total. The van der Waals surface area contributed by atoms with Crippen LogP contribution in [0.15, 0.2) is 54.2 Å². The van der Waals surface area contributed by atoms with Gasteiger partial charge in [0.25, 0.3) is 5.91 Å². The fraction of sp³-hybridized carbons (Fsp3) is 0.118. The highest BCUT2D eigenvalue weighted by Crippen LogP contribution is 2.22. The van der Waals surface area contributed by atoms with E-state index in [0.717, 1.165) is 22.0 Å². The Labute approximate surface area is 138 Å². The minimum atomic E-state index is -0.133. The third-order valence-electron chi connectivity index (χ3n) is 3.26. The Kier molecular flexibility index (Phi) is 4.63. The maximum absolute atomic E-state index is 12.1. The molecule has 0 saturated heterocycles. The Bertz CT molecular complexity index is 785. The molecule has 0 unspecified atom stereocenters. The Morgan fingerprint density at radius 3 is 2.61 bits per heavy atom. The van der Waals surface area contributed by atoms with Gasteiger partial charge in [-0.15, -0.1) is 11.3 Å². The number of hydrogen-bond donors (Lipinski definition) is 1. The number of carbonyl (C=O) groups excluding carboxylic acids is 1. The van der Waals surface area contributed by atoms with Gasteiger partial charge in [-0.2, -0.15) is 0 Å². The second-order valence-electron chi connectivity index (χ2n) is 4.79. The largest absolute Gasteiger partial charge is 0.497 e. The molecule has 23 heavy (non-hydrogen) atoms. The van der Waals surface area contributed by atoms with Crippen molar-refractivity contribution in [3.8, 4) is 16.3 Å². The smallest absolute Gasteiger partial charge is 0.251 e. The van der Waals surface area contributed by atoms with Crippen LogP contribution >= 0.6 is 11.3 Å². The predicted molar refractivity (Wildman–Crippen MR) is 89.5 cm³/mol. The van der Waals surface area contributed by atoms with Gasteiger partial charge < -0.3 is 10.1 Å². The number of methoxy groups -OCH3 is 1. The van der Waals surface area contributed by atoms with Crippen LogP contribution in [-0.4, -0.2) is 23.0 Å². The number of nitrogens with zero attached hydrogens (tertiary/aromatic N) is 2. The summed E-state index contributed by atoms with van der Waals surface area (Å²) in [6.45, 7) is 0.395. The number of amides is 1. The third-order valence-corrected chi connectivity index (χ3v) is 4.20. The number of rotatable bonds is 5. The van der Waals surface area contributed by atoms with Crippen LogP contribution in [0.4, 0.5) is 0 Å². The Morgan fingerprint density at radius 2 is 1.91 bits per heavy atom. The zero-order valence-electron chi connectivity index (χ0n) is 12.5. The van der Waals surface area contributed by atoms with Crippen molar-refractivity contribution < 1.29 is 9.53 Å². The van der Waals surface area contributed by atoms with Gasteiger partial charge in [-0.05, 0) is 36.4 Å². The number of benzene rings is 1. The second kappa shape index (κ2) is 7.02. The number of hydrogen-bond acceptors (Lipinski definition) is 5. The monoisotopic (exact) mass is 325 g/mol. The molecule has 0 aliphatic heterocycles. The van der Waals surface area contributed by atoms with Gasteiger partial charge >= 0.3 is 0 Å². The quantitative estimate of drug-likeness (QED) is 0.783. The number of carbonyl (C=O) groups is 1. The fourth-order valence-corrected chi connectivity index (χ4v) is 2.86. The maximum atomic E-state index is 12.1. The highest BCUT2D eigenvalue weighted by atomic mass is 32.1. The van der Waals surface area contributed by atoms with Gasteiger partial charge in [0.2, 0.25) is 0 Å². The summed E-state index contributed by atoms with van der Waals surface area (Å²) >= 11 is 1.55. The first kappa shape index (κ1) is 15.2. The molecule has 0 aliphatic carbocycles. The van der Waals surface area contributed by atoms with Gasteiger partial charge in [-0.3, -0.25) is 9.78 Å². The van der Waals surface area contributed by atoms with E-state index in [-0.39, 0.29) is 5.91 Å². The molecule has 0 aliphatic rings. The van der Waals surface area contributed by atoms with E-state index in [1.807, 2.05) is 17.5 Å². The van der Waals surface area contributed by atoms with Gasteiger partial charge in [0, 0.05) is 28.9 Å². The lowest BCUT2D eigenvalue weighted by molar-refractivity contribution is 0.0950. The van der Waals surface area contributed by atoms with Gasteiger partial charge in [-0.1, -0.05) is 0 Å². The van der Waals surface area contributed by atoms with Crippen LogP contribution < -0.4 is 10.1 Å². The molecule has 2 heterocycles. The van der Waals surface area contributed by atoms with Crippen molar-refractivity contribution in [1.29, 1.82) is 0 Å². The first-order chi connectivity index (χ1) is 11.3. The number of thiazole rings is 1. The number of nitrogens with one attached hydrogen (secondary N) is 1. The van der Waals surface area contributed by atoms with Crippen molar-refractivity contribution in [2.45, 2.75) is 6.54 Å². The number of ether oxygens (including phenoxy) is 1. The summed E-state index contributed by atoms with van der Waals surface area (Å²) in [4.78, 5) is 20.6. The topological polar surface area (TPSA) is 64.1 Å². The molecule has 1 amide bonds.